The number of cyclic esters (lactones) is 2. The van der Waals surface area contributed by atoms with Crippen LogP contribution in [0.4, 0.5) is 0 Å². The van der Waals surface area contributed by atoms with Gasteiger partial charge in [-0.3, -0.25) is 47.7 Å². The number of aliphatic hydroxyl groups is 1. The summed E-state index contributed by atoms with van der Waals surface area (Å²) in [6.45, 7) is 16.5. The van der Waals surface area contributed by atoms with Crippen LogP contribution >= 0.6 is 11.6 Å². The summed E-state index contributed by atoms with van der Waals surface area (Å²) >= 11 is 6.38. The molecule has 0 aromatic heterocycles. The Hall–Kier alpha value is -6.56. The van der Waals surface area contributed by atoms with E-state index in [-0.39, 0.29) is 120 Å². The molecule has 1 aliphatic rings. The summed E-state index contributed by atoms with van der Waals surface area (Å²) in [7, 11) is -2.83. The number of carbonyl (C=O) groups excluding carboxylic acids is 10. The van der Waals surface area contributed by atoms with E-state index >= 15 is 0 Å². The minimum atomic E-state index is -4.30. The predicted octanol–water partition coefficient (Wildman–Crippen LogP) is 5.76. The highest BCUT2D eigenvalue weighted by molar-refractivity contribution is 7.85. The van der Waals surface area contributed by atoms with E-state index in [4.69, 9.17) is 30.4 Å². The van der Waals surface area contributed by atoms with Gasteiger partial charge in [-0.2, -0.15) is 8.42 Å². The number of hydrogen-bond donors (Lipinski definition) is 6. The van der Waals surface area contributed by atoms with Crippen molar-refractivity contribution in [3.63, 3.8) is 0 Å². The number of aryl methyl sites for hydroxylation is 1. The minimum Gasteiger partial charge on any atom is -0.495 e. The van der Waals surface area contributed by atoms with E-state index in [9.17, 15) is 61.5 Å². The van der Waals surface area contributed by atoms with Crippen LogP contribution in [0.15, 0.2) is 54.6 Å². The number of aliphatic hydroxyl groups excluding tert-OH is 1. The molecule has 0 spiro atoms. The van der Waals surface area contributed by atoms with Crippen LogP contribution in [-0.2, 0) is 80.4 Å². The third-order valence-electron chi connectivity index (χ3n) is 15.2. The quantitative estimate of drug-likeness (QED) is 0.0386. The van der Waals surface area contributed by atoms with Gasteiger partial charge in [-0.15, -0.1) is 0 Å². The van der Waals surface area contributed by atoms with Gasteiger partial charge in [-0.1, -0.05) is 96.5 Å². The Morgan fingerprint density at radius 3 is 2.10 bits per heavy atom. The molecule has 0 aliphatic carbocycles. The summed E-state index contributed by atoms with van der Waals surface area (Å²) in [5, 5.41) is 22.8. The van der Waals surface area contributed by atoms with Gasteiger partial charge in [0, 0.05) is 102 Å². The van der Waals surface area contributed by atoms with Crippen LogP contribution in [0.1, 0.15) is 150 Å². The SMILES string of the molecule is CCC(=O)CCN(CCC(=O)C[C@H](C(=O)N[C@@H](C)C(=O)CCc1ccc([C@@H](C)[C@H](O)[C@@H](C)[C@@H]2C/C=C/C(=O)N[C@@H](Cc3ccc(OC)c(Cl)c3)C(=O)NCC(C)(C)C(=O)O[C@@H](CC(C)C)C(=O)O2)cc1)C(C)C)C(=O)CCC(=O)NCCS(=O)(=O)O. The van der Waals surface area contributed by atoms with Crippen LogP contribution in [0.5, 0.6) is 5.75 Å². The van der Waals surface area contributed by atoms with Gasteiger partial charge >= 0.3 is 11.9 Å². The van der Waals surface area contributed by atoms with Crippen molar-refractivity contribution in [2.24, 2.45) is 29.1 Å². The largest absolute Gasteiger partial charge is 0.495 e. The van der Waals surface area contributed by atoms with E-state index in [0.717, 1.165) is 11.1 Å². The summed E-state index contributed by atoms with van der Waals surface area (Å²) in [5.41, 5.74) is 0.819. The number of rotatable bonds is 31. The zero-order chi connectivity index (χ0) is 64.6. The number of methoxy groups -OCH3 is 1. The molecule has 86 heavy (non-hydrogen) atoms. The average Bonchev–Trinajstić information content (AvgIpc) is 2.68. The fourth-order valence-corrected chi connectivity index (χ4v) is 10.0. The van der Waals surface area contributed by atoms with Crippen molar-refractivity contribution in [3.8, 4) is 5.75 Å². The van der Waals surface area contributed by atoms with Crippen LogP contribution in [0.2, 0.25) is 5.02 Å². The average molecular weight is 1240 g/mol. The third-order valence-corrected chi connectivity index (χ3v) is 16.2. The maximum atomic E-state index is 14.0. The van der Waals surface area contributed by atoms with Crippen LogP contribution in [0, 0.1) is 29.1 Å². The lowest BCUT2D eigenvalue weighted by Gasteiger charge is -2.33. The number of ketones is 3. The number of nitrogens with one attached hydrogen (secondary N) is 4. The lowest BCUT2D eigenvalue weighted by molar-refractivity contribution is -0.180. The molecule has 0 unspecified atom stereocenters. The first-order valence-electron chi connectivity index (χ1n) is 29.4. The Morgan fingerprint density at radius 1 is 0.872 bits per heavy atom. The first-order valence-corrected chi connectivity index (χ1v) is 31.4. The lowest BCUT2D eigenvalue weighted by atomic mass is 9.84. The second-order valence-corrected chi connectivity index (χ2v) is 25.5. The molecular formula is C62H90ClN5O17S. The van der Waals surface area contributed by atoms with E-state index in [2.05, 4.69) is 21.3 Å². The van der Waals surface area contributed by atoms with Crippen molar-refractivity contribution >= 4 is 80.5 Å². The minimum absolute atomic E-state index is 0.00532. The molecule has 0 saturated carbocycles. The van der Waals surface area contributed by atoms with Crippen LogP contribution in [0.25, 0.3) is 0 Å². The first kappa shape index (κ1) is 73.7. The number of Topliss-reactive ketones (excluding diaryl/α,β-unsaturated/α-hetero) is 3. The second kappa shape index (κ2) is 35.3. The highest BCUT2D eigenvalue weighted by atomic mass is 35.5. The number of nitrogens with zero attached hydrogens (tertiary/aromatic N) is 1. The van der Waals surface area contributed by atoms with Crippen LogP contribution in [-0.4, -0.2) is 151 Å². The highest BCUT2D eigenvalue weighted by Gasteiger charge is 2.39. The summed E-state index contributed by atoms with van der Waals surface area (Å²) in [4.78, 5) is 134. The van der Waals surface area contributed by atoms with Crippen molar-refractivity contribution < 1.29 is 80.2 Å². The molecule has 6 N–H and O–H groups in total. The normalized spacial score (nSPS) is 19.1. The van der Waals surface area contributed by atoms with Crippen molar-refractivity contribution in [2.45, 2.75) is 176 Å². The van der Waals surface area contributed by atoms with Crippen molar-refractivity contribution in [1.29, 1.82) is 0 Å². The topological polar surface area (TPSA) is 324 Å². The fraction of sp³-hybridized carbons (Fsp3) is 0.613. The van der Waals surface area contributed by atoms with Gasteiger partial charge in [-0.05, 0) is 80.3 Å². The Kier molecular flexibility index (Phi) is 30.2. The molecule has 0 bridgehead atoms. The summed E-state index contributed by atoms with van der Waals surface area (Å²) in [5.74, 6) is -7.91. The zero-order valence-corrected chi connectivity index (χ0v) is 53.1. The second-order valence-electron chi connectivity index (χ2n) is 23.6. The fourth-order valence-electron chi connectivity index (χ4n) is 9.39. The van der Waals surface area contributed by atoms with E-state index in [1.54, 1.807) is 73.6 Å². The summed E-state index contributed by atoms with van der Waals surface area (Å²) in [6.07, 6.45) is -0.913. The van der Waals surface area contributed by atoms with E-state index in [1.165, 1.54) is 24.2 Å². The number of halogens is 1. The van der Waals surface area contributed by atoms with Crippen molar-refractivity contribution in [2.75, 3.05) is 39.0 Å². The Bertz CT molecular complexity index is 2820. The molecule has 24 heteroatoms. The maximum Gasteiger partial charge on any atom is 0.347 e. The summed E-state index contributed by atoms with van der Waals surface area (Å²) in [6, 6.07) is 10.3. The number of esters is 2. The van der Waals surface area contributed by atoms with Crippen molar-refractivity contribution in [3.05, 3.63) is 76.3 Å². The van der Waals surface area contributed by atoms with Gasteiger partial charge in [0.25, 0.3) is 10.1 Å². The maximum absolute atomic E-state index is 14.0. The van der Waals surface area contributed by atoms with E-state index in [1.807, 2.05) is 38.1 Å². The monoisotopic (exact) mass is 1240 g/mol. The Morgan fingerprint density at radius 2 is 1.51 bits per heavy atom. The zero-order valence-electron chi connectivity index (χ0n) is 51.5. The molecule has 3 rings (SSSR count). The predicted molar refractivity (Wildman–Crippen MR) is 322 cm³/mol. The highest BCUT2D eigenvalue weighted by Crippen LogP contribution is 2.31. The molecule has 1 aliphatic heterocycles. The Labute approximate surface area is 511 Å². The first-order chi connectivity index (χ1) is 40.2. The smallest absolute Gasteiger partial charge is 0.347 e. The van der Waals surface area contributed by atoms with Gasteiger partial charge in [0.05, 0.1) is 35.4 Å². The molecular weight excluding hydrogens is 1150 g/mol. The van der Waals surface area contributed by atoms with E-state index in [0.29, 0.717) is 22.8 Å². The molecule has 0 radical (unpaired) electrons. The van der Waals surface area contributed by atoms with Crippen molar-refractivity contribution in [1.82, 2.24) is 26.2 Å². The molecule has 8 atom stereocenters. The molecule has 0 saturated heterocycles. The molecule has 5 amide bonds. The van der Waals surface area contributed by atoms with E-state index < -0.39 is 111 Å². The third kappa shape index (κ3) is 25.4. The number of amides is 5. The van der Waals surface area contributed by atoms with Gasteiger partial charge in [-0.25, -0.2) is 4.79 Å². The standard InChI is InChI=1S/C62H90ClN5O17S/c1-12-45(69)26-29-68(56(74)25-24-54(72)64-28-31-86(80,81)82)30-27-46(70)35-47(38(4)5)58(76)66-41(8)50(71)22-18-42-16-20-44(21-17-42)39(6)57(75)40(7)51-14-13-15-55(73)67-49(34-43-19-23-52(83-11)48(63)33-43)59(77)65-36-62(9,10)61(79)85-53(32-37(2)3)60(78)84-51/h13,15-17,19-21,23,33,37-41,47,49,51,53,57,75H,12,14,18,22,24-32,34-36H2,1-11H3,(H,64,72)(H,65,77)(H,66,76)(H,67,73)(H,80,81,82)/b15-13+/t39-,40+,41+,47+,49+,51+,53+,57+/m1/s1. The summed E-state index contributed by atoms with van der Waals surface area (Å²) < 4.78 is 48.0. The number of ether oxygens (including phenoxy) is 3. The molecule has 2 aromatic carbocycles. The Balaban J connectivity index is 1.69. The number of carbonyl (C=O) groups is 10. The van der Waals surface area contributed by atoms with Gasteiger partial charge in [0.1, 0.15) is 29.5 Å². The molecule has 22 nitrogen and oxygen atoms in total. The van der Waals surface area contributed by atoms with Gasteiger partial charge in [0.15, 0.2) is 11.9 Å². The van der Waals surface area contributed by atoms with Crippen LogP contribution < -0.4 is 26.0 Å². The van der Waals surface area contributed by atoms with Gasteiger partial charge in [0.2, 0.25) is 29.5 Å². The molecule has 0 fully saturated rings. The number of hydrogen-bond acceptors (Lipinski definition) is 16. The molecule has 478 valence electrons. The molecule has 1 heterocycles. The number of benzene rings is 2. The molecule has 2 aromatic rings. The van der Waals surface area contributed by atoms with Crippen LogP contribution in [0.3, 0.4) is 0 Å². The lowest BCUT2D eigenvalue weighted by Crippen LogP contribution is -2.51. The van der Waals surface area contributed by atoms with Gasteiger partial charge < -0.3 is 45.5 Å².